The Morgan fingerprint density at radius 1 is 1.36 bits per heavy atom. The predicted octanol–water partition coefficient (Wildman–Crippen LogP) is 4.37. The number of aliphatic hydroxyl groups excluding tert-OH is 1. The molecule has 0 amide bonds. The zero-order valence-corrected chi connectivity index (χ0v) is 15.0. The third-order valence-electron chi connectivity index (χ3n) is 4.81. The molecule has 138 valence electrons. The highest BCUT2D eigenvalue weighted by Crippen LogP contribution is 2.44. The molecule has 25 heavy (non-hydrogen) atoms. The van der Waals surface area contributed by atoms with Crippen molar-refractivity contribution >= 4 is 5.97 Å². The number of hydrogen-bond donors (Lipinski definition) is 3. The lowest BCUT2D eigenvalue weighted by Gasteiger charge is -2.25. The van der Waals surface area contributed by atoms with Crippen LogP contribution in [0, 0.1) is 0 Å². The van der Waals surface area contributed by atoms with Crippen LogP contribution in [0.25, 0.3) is 0 Å². The summed E-state index contributed by atoms with van der Waals surface area (Å²) in [7, 11) is 0. The predicted molar refractivity (Wildman–Crippen MR) is 96.4 cm³/mol. The van der Waals surface area contributed by atoms with E-state index in [-0.39, 0.29) is 17.2 Å². The standard InChI is InChI=1S/C20H28O5/c1-3-4-5-8-15-11-16(25-12-21)17(19(22)18(15)20(23)24)14-9-6-7-13(2)10-14/h10-11,14,21-22H,3-9,12H2,1-2H3,(H,23,24). The van der Waals surface area contributed by atoms with Gasteiger partial charge in [0.15, 0.2) is 6.79 Å². The molecule has 0 saturated carbocycles. The number of hydrogen-bond acceptors (Lipinski definition) is 4. The lowest BCUT2D eigenvalue weighted by atomic mass is 9.83. The largest absolute Gasteiger partial charge is 0.507 e. The van der Waals surface area contributed by atoms with Gasteiger partial charge in [0.05, 0.1) is 0 Å². The molecule has 0 fully saturated rings. The summed E-state index contributed by atoms with van der Waals surface area (Å²) in [4.78, 5) is 11.8. The van der Waals surface area contributed by atoms with E-state index in [1.165, 1.54) is 5.57 Å². The van der Waals surface area contributed by atoms with Crippen LogP contribution in [0.15, 0.2) is 17.7 Å². The first kappa shape index (κ1) is 19.3. The number of carboxylic acids is 1. The number of benzene rings is 1. The van der Waals surface area contributed by atoms with Crippen LogP contribution in [-0.2, 0) is 6.42 Å². The van der Waals surface area contributed by atoms with Crippen molar-refractivity contribution in [2.45, 2.75) is 64.7 Å². The van der Waals surface area contributed by atoms with Crippen molar-refractivity contribution in [2.75, 3.05) is 6.79 Å². The third kappa shape index (κ3) is 4.54. The van der Waals surface area contributed by atoms with Crippen molar-refractivity contribution in [1.82, 2.24) is 0 Å². The summed E-state index contributed by atoms with van der Waals surface area (Å²) < 4.78 is 5.36. The second-order valence-electron chi connectivity index (χ2n) is 6.72. The summed E-state index contributed by atoms with van der Waals surface area (Å²) in [5.74, 6) is -1.07. The number of phenols is 1. The highest BCUT2D eigenvalue weighted by Gasteiger charge is 2.28. The maximum atomic E-state index is 11.8. The average Bonchev–Trinajstić information content (AvgIpc) is 2.55. The maximum Gasteiger partial charge on any atom is 0.339 e. The van der Waals surface area contributed by atoms with E-state index in [1.54, 1.807) is 6.07 Å². The summed E-state index contributed by atoms with van der Waals surface area (Å²) in [5.41, 5.74) is 2.22. The number of carboxylic acid groups (broad SMARTS) is 1. The molecule has 0 aromatic heterocycles. The number of aryl methyl sites for hydroxylation is 1. The van der Waals surface area contributed by atoms with Crippen molar-refractivity contribution in [3.8, 4) is 11.5 Å². The molecule has 1 atom stereocenters. The summed E-state index contributed by atoms with van der Waals surface area (Å²) in [5, 5.41) is 29.6. The highest BCUT2D eigenvalue weighted by molar-refractivity contribution is 5.94. The molecule has 5 heteroatoms. The SMILES string of the molecule is CCCCCc1cc(OCO)c(C2C=C(C)CCC2)c(O)c1C(=O)O. The molecule has 0 spiro atoms. The molecule has 0 bridgehead atoms. The number of aromatic hydroxyl groups is 1. The fraction of sp³-hybridized carbons (Fsp3) is 0.550. The molecule has 2 rings (SSSR count). The zero-order chi connectivity index (χ0) is 18.4. The first-order valence-corrected chi connectivity index (χ1v) is 9.02. The Kier molecular flexibility index (Phi) is 6.88. The lowest BCUT2D eigenvalue weighted by Crippen LogP contribution is -2.12. The van der Waals surface area contributed by atoms with Crippen molar-refractivity contribution < 1.29 is 24.9 Å². The molecule has 1 aromatic carbocycles. The van der Waals surface area contributed by atoms with Crippen LogP contribution in [0.5, 0.6) is 11.5 Å². The van der Waals surface area contributed by atoms with Crippen LogP contribution in [0.1, 0.15) is 79.8 Å². The monoisotopic (exact) mass is 348 g/mol. The van der Waals surface area contributed by atoms with Gasteiger partial charge in [0, 0.05) is 11.5 Å². The van der Waals surface area contributed by atoms with Crippen LogP contribution in [0.3, 0.4) is 0 Å². The molecule has 0 aliphatic heterocycles. The number of rotatable bonds is 8. The van der Waals surface area contributed by atoms with Gasteiger partial charge in [-0.05, 0) is 50.7 Å². The Bertz CT molecular complexity index is 648. The minimum Gasteiger partial charge on any atom is -0.507 e. The van der Waals surface area contributed by atoms with Crippen molar-refractivity contribution in [3.05, 3.63) is 34.4 Å². The van der Waals surface area contributed by atoms with Crippen molar-refractivity contribution in [3.63, 3.8) is 0 Å². The molecule has 0 radical (unpaired) electrons. The van der Waals surface area contributed by atoms with Gasteiger partial charge in [0.2, 0.25) is 0 Å². The summed E-state index contributed by atoms with van der Waals surface area (Å²) in [6, 6.07) is 1.68. The van der Waals surface area contributed by atoms with Gasteiger partial charge in [-0.25, -0.2) is 4.79 Å². The van der Waals surface area contributed by atoms with E-state index in [2.05, 4.69) is 13.0 Å². The van der Waals surface area contributed by atoms with Gasteiger partial charge >= 0.3 is 5.97 Å². The molecule has 1 aromatic rings. The Morgan fingerprint density at radius 3 is 2.72 bits per heavy atom. The van der Waals surface area contributed by atoms with Crippen molar-refractivity contribution in [2.24, 2.45) is 0 Å². The first-order chi connectivity index (χ1) is 12.0. The topological polar surface area (TPSA) is 87.0 Å². The quantitative estimate of drug-likeness (QED) is 0.369. The molecule has 0 heterocycles. The van der Waals surface area contributed by atoms with Crippen LogP contribution in [-0.4, -0.2) is 28.1 Å². The molecule has 1 unspecified atom stereocenters. The molecule has 1 aliphatic carbocycles. The number of aromatic carboxylic acids is 1. The van der Waals surface area contributed by atoms with Crippen LogP contribution in [0.2, 0.25) is 0 Å². The Labute approximate surface area is 149 Å². The van der Waals surface area contributed by atoms with Crippen LogP contribution in [0.4, 0.5) is 0 Å². The van der Waals surface area contributed by atoms with E-state index in [0.717, 1.165) is 38.5 Å². The molecule has 3 N–H and O–H groups in total. The van der Waals surface area contributed by atoms with Gasteiger partial charge in [0.1, 0.15) is 17.1 Å². The van der Waals surface area contributed by atoms with E-state index < -0.39 is 12.8 Å². The summed E-state index contributed by atoms with van der Waals surface area (Å²) in [6.07, 6.45) is 8.29. The number of unbranched alkanes of at least 4 members (excludes halogenated alkanes) is 2. The van der Waals surface area contributed by atoms with Gasteiger partial charge in [-0.3, -0.25) is 0 Å². The zero-order valence-electron chi connectivity index (χ0n) is 15.0. The smallest absolute Gasteiger partial charge is 0.339 e. The van der Waals surface area contributed by atoms with Crippen LogP contribution >= 0.6 is 0 Å². The lowest BCUT2D eigenvalue weighted by molar-refractivity contribution is 0.0691. The molecular formula is C20H28O5. The fourth-order valence-electron chi connectivity index (χ4n) is 3.60. The van der Waals surface area contributed by atoms with Gasteiger partial charge in [-0.2, -0.15) is 0 Å². The number of ether oxygens (including phenoxy) is 1. The Balaban J connectivity index is 2.55. The number of allylic oxidation sites excluding steroid dienone is 2. The van der Waals surface area contributed by atoms with Gasteiger partial charge in [-0.1, -0.05) is 31.4 Å². The fourth-order valence-corrected chi connectivity index (χ4v) is 3.60. The second-order valence-corrected chi connectivity index (χ2v) is 6.72. The molecule has 0 saturated heterocycles. The molecule has 5 nitrogen and oxygen atoms in total. The van der Waals surface area contributed by atoms with E-state index in [1.807, 2.05) is 6.92 Å². The minimum absolute atomic E-state index is 0.0342. The maximum absolute atomic E-state index is 11.8. The third-order valence-corrected chi connectivity index (χ3v) is 4.81. The highest BCUT2D eigenvalue weighted by atomic mass is 16.6. The van der Waals surface area contributed by atoms with Crippen LogP contribution < -0.4 is 4.74 Å². The van der Waals surface area contributed by atoms with Crippen molar-refractivity contribution in [1.29, 1.82) is 0 Å². The molecule has 1 aliphatic rings. The number of aliphatic hydroxyl groups is 1. The number of carbonyl (C=O) groups is 1. The molecular weight excluding hydrogens is 320 g/mol. The first-order valence-electron chi connectivity index (χ1n) is 9.02. The van der Waals surface area contributed by atoms with Gasteiger partial charge in [-0.15, -0.1) is 0 Å². The summed E-state index contributed by atoms with van der Waals surface area (Å²) >= 11 is 0. The van der Waals surface area contributed by atoms with E-state index in [0.29, 0.717) is 23.3 Å². The van der Waals surface area contributed by atoms with E-state index >= 15 is 0 Å². The second kappa shape index (κ2) is 8.90. The minimum atomic E-state index is -1.13. The van der Waals surface area contributed by atoms with Gasteiger partial charge in [0.25, 0.3) is 0 Å². The summed E-state index contributed by atoms with van der Waals surface area (Å²) in [6.45, 7) is 3.60. The van der Waals surface area contributed by atoms with E-state index in [4.69, 9.17) is 4.74 Å². The Hall–Kier alpha value is -2.01. The average molecular weight is 348 g/mol. The Morgan fingerprint density at radius 2 is 2.12 bits per heavy atom. The normalized spacial score (nSPS) is 17.2. The van der Waals surface area contributed by atoms with Gasteiger partial charge < -0.3 is 20.1 Å². The van der Waals surface area contributed by atoms with E-state index in [9.17, 15) is 20.1 Å².